The zero-order valence-electron chi connectivity index (χ0n) is 14.8. The Labute approximate surface area is 162 Å². The summed E-state index contributed by atoms with van der Waals surface area (Å²) in [6, 6.07) is 11.4. The standard InChI is InChI=1S/C19H20ClN3O2S/c1-19(2,11-24)25-15-7-4-13(5-8-15)17-18(23(3)12-22-17)26-16-9-6-14(20)10-21-16/h4-10,12,24H,11H2,1-3H3. The van der Waals surface area contributed by atoms with E-state index in [9.17, 15) is 5.11 Å². The molecule has 136 valence electrons. The molecule has 0 radical (unpaired) electrons. The minimum absolute atomic E-state index is 0.0517. The maximum Gasteiger partial charge on any atom is 0.126 e. The van der Waals surface area contributed by atoms with Crippen LogP contribution in [0.1, 0.15) is 13.8 Å². The van der Waals surface area contributed by atoms with E-state index in [0.29, 0.717) is 10.8 Å². The van der Waals surface area contributed by atoms with Crippen LogP contribution < -0.4 is 4.74 Å². The zero-order chi connectivity index (χ0) is 18.7. The normalized spacial score (nSPS) is 11.6. The number of nitrogens with zero attached hydrogens (tertiary/aromatic N) is 3. The quantitative estimate of drug-likeness (QED) is 0.675. The molecule has 5 nitrogen and oxygen atoms in total. The molecule has 0 aliphatic heterocycles. The van der Waals surface area contributed by atoms with Gasteiger partial charge in [-0.3, -0.25) is 0 Å². The molecule has 0 spiro atoms. The highest BCUT2D eigenvalue weighted by Crippen LogP contribution is 2.35. The molecule has 0 aliphatic rings. The third-order valence-corrected chi connectivity index (χ3v) is 5.04. The molecule has 0 aliphatic carbocycles. The lowest BCUT2D eigenvalue weighted by molar-refractivity contribution is 0.0413. The summed E-state index contributed by atoms with van der Waals surface area (Å²) in [6.45, 7) is 3.63. The van der Waals surface area contributed by atoms with Gasteiger partial charge in [0.1, 0.15) is 27.1 Å². The van der Waals surface area contributed by atoms with Crippen molar-refractivity contribution in [1.29, 1.82) is 0 Å². The largest absolute Gasteiger partial charge is 0.485 e. The number of ether oxygens (including phenoxy) is 1. The molecule has 0 fully saturated rings. The van der Waals surface area contributed by atoms with E-state index in [0.717, 1.165) is 21.3 Å². The Balaban J connectivity index is 1.85. The summed E-state index contributed by atoms with van der Waals surface area (Å²) < 4.78 is 7.75. The van der Waals surface area contributed by atoms with Crippen molar-refractivity contribution in [1.82, 2.24) is 14.5 Å². The van der Waals surface area contributed by atoms with Crippen LogP contribution in [0.25, 0.3) is 11.3 Å². The highest BCUT2D eigenvalue weighted by Gasteiger charge is 2.19. The van der Waals surface area contributed by atoms with Gasteiger partial charge in [0.2, 0.25) is 0 Å². The first-order chi connectivity index (χ1) is 12.4. The maximum absolute atomic E-state index is 9.33. The van der Waals surface area contributed by atoms with Gasteiger partial charge >= 0.3 is 0 Å². The highest BCUT2D eigenvalue weighted by atomic mass is 35.5. The lowest BCUT2D eigenvalue weighted by atomic mass is 10.1. The molecule has 1 N–H and O–H groups in total. The van der Waals surface area contributed by atoms with Crippen molar-refractivity contribution in [3.63, 3.8) is 0 Å². The Morgan fingerprint density at radius 1 is 1.15 bits per heavy atom. The first kappa shape index (κ1) is 18.8. The van der Waals surface area contributed by atoms with Crippen LogP contribution in [0.2, 0.25) is 5.02 Å². The molecule has 0 atom stereocenters. The number of benzene rings is 1. The van der Waals surface area contributed by atoms with Gasteiger partial charge in [-0.1, -0.05) is 11.6 Å². The summed E-state index contributed by atoms with van der Waals surface area (Å²) in [6.07, 6.45) is 3.42. The Hall–Kier alpha value is -2.02. The molecule has 2 aromatic heterocycles. The van der Waals surface area contributed by atoms with Gasteiger partial charge in [0, 0.05) is 18.8 Å². The Kier molecular flexibility index (Phi) is 5.55. The number of aromatic nitrogens is 3. The average molecular weight is 390 g/mol. The van der Waals surface area contributed by atoms with Crippen molar-refractivity contribution in [3.8, 4) is 17.0 Å². The summed E-state index contributed by atoms with van der Waals surface area (Å²) in [5.41, 5.74) is 1.24. The second-order valence-electron chi connectivity index (χ2n) is 6.47. The van der Waals surface area contributed by atoms with E-state index >= 15 is 0 Å². The van der Waals surface area contributed by atoms with Crippen LogP contribution >= 0.6 is 23.4 Å². The Morgan fingerprint density at radius 3 is 2.50 bits per heavy atom. The predicted octanol–water partition coefficient (Wildman–Crippen LogP) is 4.44. The van der Waals surface area contributed by atoms with Crippen LogP contribution in [0, 0.1) is 0 Å². The second-order valence-corrected chi connectivity index (χ2v) is 7.92. The smallest absolute Gasteiger partial charge is 0.126 e. The predicted molar refractivity (Wildman–Crippen MR) is 104 cm³/mol. The minimum atomic E-state index is -0.617. The lowest BCUT2D eigenvalue weighted by Crippen LogP contribution is -2.32. The number of imidazole rings is 1. The third-order valence-electron chi connectivity index (χ3n) is 3.69. The van der Waals surface area contributed by atoms with E-state index in [4.69, 9.17) is 16.3 Å². The van der Waals surface area contributed by atoms with Gasteiger partial charge in [-0.05, 0) is 62.0 Å². The van der Waals surface area contributed by atoms with Crippen molar-refractivity contribution >= 4 is 23.4 Å². The summed E-state index contributed by atoms with van der Waals surface area (Å²) >= 11 is 7.44. The second kappa shape index (κ2) is 7.70. The molecular formula is C19H20ClN3O2S. The van der Waals surface area contributed by atoms with Gasteiger partial charge < -0.3 is 14.4 Å². The van der Waals surface area contributed by atoms with Gasteiger partial charge in [0.25, 0.3) is 0 Å². The van der Waals surface area contributed by atoms with Gasteiger partial charge in [0.15, 0.2) is 0 Å². The molecule has 2 heterocycles. The molecule has 0 saturated carbocycles. The van der Waals surface area contributed by atoms with Crippen LogP contribution in [-0.4, -0.2) is 31.8 Å². The first-order valence-corrected chi connectivity index (χ1v) is 9.28. The fourth-order valence-electron chi connectivity index (χ4n) is 2.29. The summed E-state index contributed by atoms with van der Waals surface area (Å²) in [4.78, 5) is 8.87. The van der Waals surface area contributed by atoms with Gasteiger partial charge in [-0.2, -0.15) is 0 Å². The van der Waals surface area contributed by atoms with E-state index in [-0.39, 0.29) is 6.61 Å². The number of halogens is 1. The van der Waals surface area contributed by atoms with Crippen molar-refractivity contribution in [3.05, 3.63) is 53.9 Å². The van der Waals surface area contributed by atoms with Crippen LogP contribution in [0.3, 0.4) is 0 Å². The summed E-state index contributed by atoms with van der Waals surface area (Å²) in [7, 11) is 1.95. The number of aliphatic hydroxyl groups excluding tert-OH is 1. The topological polar surface area (TPSA) is 60.2 Å². The fourth-order valence-corrected chi connectivity index (χ4v) is 3.30. The first-order valence-electron chi connectivity index (χ1n) is 8.09. The minimum Gasteiger partial charge on any atom is -0.485 e. The molecule has 26 heavy (non-hydrogen) atoms. The van der Waals surface area contributed by atoms with E-state index in [2.05, 4.69) is 9.97 Å². The van der Waals surface area contributed by atoms with Gasteiger partial charge in [0.05, 0.1) is 18.0 Å². The molecule has 1 aromatic carbocycles. The molecule has 0 saturated heterocycles. The highest BCUT2D eigenvalue weighted by molar-refractivity contribution is 7.99. The average Bonchev–Trinajstić information content (AvgIpc) is 2.98. The summed E-state index contributed by atoms with van der Waals surface area (Å²) in [5, 5.41) is 11.8. The van der Waals surface area contributed by atoms with Gasteiger partial charge in [-0.15, -0.1) is 0 Å². The molecule has 3 aromatic rings. The Bertz CT molecular complexity index is 877. The van der Waals surface area contributed by atoms with E-state index < -0.39 is 5.60 Å². The molecule has 0 unspecified atom stereocenters. The number of hydrogen-bond donors (Lipinski definition) is 1. The van der Waals surface area contributed by atoms with Crippen LogP contribution in [-0.2, 0) is 7.05 Å². The maximum atomic E-state index is 9.33. The molecule has 7 heteroatoms. The van der Waals surface area contributed by atoms with Crippen molar-refractivity contribution in [2.75, 3.05) is 6.61 Å². The van der Waals surface area contributed by atoms with Crippen LogP contribution in [0.4, 0.5) is 0 Å². The van der Waals surface area contributed by atoms with E-state index in [1.807, 2.05) is 61.9 Å². The van der Waals surface area contributed by atoms with Crippen molar-refractivity contribution < 1.29 is 9.84 Å². The summed E-state index contributed by atoms with van der Waals surface area (Å²) in [5.74, 6) is 0.706. The molecule has 0 amide bonds. The number of rotatable bonds is 6. The van der Waals surface area contributed by atoms with E-state index in [1.165, 1.54) is 11.8 Å². The number of hydrogen-bond acceptors (Lipinski definition) is 5. The zero-order valence-corrected chi connectivity index (χ0v) is 16.4. The lowest BCUT2D eigenvalue weighted by Gasteiger charge is -2.23. The Morgan fingerprint density at radius 2 is 1.88 bits per heavy atom. The van der Waals surface area contributed by atoms with Crippen LogP contribution in [0.5, 0.6) is 5.75 Å². The third kappa shape index (κ3) is 4.38. The SMILES string of the molecule is Cn1cnc(-c2ccc(OC(C)(C)CO)cc2)c1Sc1ccc(Cl)cn1. The van der Waals surface area contributed by atoms with Crippen molar-refractivity contribution in [2.45, 2.75) is 29.5 Å². The molecular weight excluding hydrogens is 370 g/mol. The molecule has 0 bridgehead atoms. The number of aliphatic hydroxyl groups is 1. The number of pyridine rings is 1. The van der Waals surface area contributed by atoms with Crippen molar-refractivity contribution in [2.24, 2.45) is 7.05 Å². The fraction of sp³-hybridized carbons (Fsp3) is 0.263. The monoisotopic (exact) mass is 389 g/mol. The van der Waals surface area contributed by atoms with Crippen LogP contribution in [0.15, 0.2) is 59.0 Å². The molecule has 3 rings (SSSR count). The van der Waals surface area contributed by atoms with Gasteiger partial charge in [-0.25, -0.2) is 9.97 Å². The van der Waals surface area contributed by atoms with E-state index in [1.54, 1.807) is 12.5 Å². The number of aryl methyl sites for hydroxylation is 1.